The number of carbonyl (C=O) groups excluding carboxylic acids is 1. The monoisotopic (exact) mass is 234 g/mol. The lowest BCUT2D eigenvalue weighted by atomic mass is 9.89. The minimum absolute atomic E-state index is 0.229. The smallest absolute Gasteiger partial charge is 0.225 e. The highest BCUT2D eigenvalue weighted by molar-refractivity contribution is 5.82. The summed E-state index contributed by atoms with van der Waals surface area (Å²) in [7, 11) is 0. The molecule has 1 fully saturated rings. The molecular formula is C12H18N4O. The van der Waals surface area contributed by atoms with E-state index < -0.39 is 5.41 Å². The molecular weight excluding hydrogens is 216 g/mol. The van der Waals surface area contributed by atoms with Gasteiger partial charge in [0.2, 0.25) is 5.91 Å². The second-order valence-corrected chi connectivity index (χ2v) is 4.81. The van der Waals surface area contributed by atoms with Crippen LogP contribution in [0.5, 0.6) is 0 Å². The number of primary amides is 1. The molecule has 0 aromatic carbocycles. The second-order valence-electron chi connectivity index (χ2n) is 4.81. The van der Waals surface area contributed by atoms with Gasteiger partial charge in [-0.25, -0.2) is 0 Å². The maximum atomic E-state index is 11.4. The highest BCUT2D eigenvalue weighted by Gasteiger charge is 2.38. The zero-order chi connectivity index (χ0) is 12.5. The Balaban J connectivity index is 2.17. The Morgan fingerprint density at radius 3 is 3.00 bits per heavy atom. The van der Waals surface area contributed by atoms with Gasteiger partial charge >= 0.3 is 0 Å². The fourth-order valence-electron chi connectivity index (χ4n) is 2.16. The van der Waals surface area contributed by atoms with Crippen LogP contribution in [0.3, 0.4) is 0 Å². The van der Waals surface area contributed by atoms with E-state index in [1.54, 1.807) is 6.20 Å². The van der Waals surface area contributed by atoms with Gasteiger partial charge in [0.05, 0.1) is 11.1 Å². The van der Waals surface area contributed by atoms with Crippen molar-refractivity contribution in [3.05, 3.63) is 24.0 Å². The van der Waals surface area contributed by atoms with Crippen LogP contribution in [0.2, 0.25) is 0 Å². The standard InChI is InChI=1S/C12H18N4O/c1-12(11(14)17)3-5-16(8-12)10-2-4-15-9(6-10)7-13/h2,4,6H,3,5,7-8,13H2,1H3,(H2,14,17). The Hall–Kier alpha value is -1.62. The van der Waals surface area contributed by atoms with Crippen molar-refractivity contribution >= 4 is 11.6 Å². The van der Waals surface area contributed by atoms with Gasteiger partial charge in [0.1, 0.15) is 0 Å². The summed E-state index contributed by atoms with van der Waals surface area (Å²) in [6, 6.07) is 3.90. The van der Waals surface area contributed by atoms with Crippen molar-refractivity contribution in [3.8, 4) is 0 Å². The Morgan fingerprint density at radius 2 is 2.41 bits per heavy atom. The number of amides is 1. The first-order valence-electron chi connectivity index (χ1n) is 5.75. The van der Waals surface area contributed by atoms with E-state index in [1.807, 2.05) is 19.1 Å². The van der Waals surface area contributed by atoms with Crippen LogP contribution in [0.25, 0.3) is 0 Å². The molecule has 0 saturated carbocycles. The number of aromatic nitrogens is 1. The van der Waals surface area contributed by atoms with Crippen molar-refractivity contribution in [2.24, 2.45) is 16.9 Å². The normalized spacial score (nSPS) is 24.0. The fourth-order valence-corrected chi connectivity index (χ4v) is 2.16. The summed E-state index contributed by atoms with van der Waals surface area (Å²) in [5.74, 6) is -0.229. The van der Waals surface area contributed by atoms with Gasteiger partial charge in [0, 0.05) is 31.5 Å². The SMILES string of the molecule is CC1(C(N)=O)CCN(c2ccnc(CN)c2)C1. The molecule has 1 aliphatic rings. The lowest BCUT2D eigenvalue weighted by Crippen LogP contribution is -2.37. The van der Waals surface area contributed by atoms with Crippen molar-refractivity contribution in [1.29, 1.82) is 0 Å². The van der Waals surface area contributed by atoms with Crippen LogP contribution in [0.4, 0.5) is 5.69 Å². The number of anilines is 1. The van der Waals surface area contributed by atoms with Gasteiger partial charge in [0.25, 0.3) is 0 Å². The van der Waals surface area contributed by atoms with Gasteiger partial charge in [-0.3, -0.25) is 9.78 Å². The van der Waals surface area contributed by atoms with Gasteiger partial charge < -0.3 is 16.4 Å². The van der Waals surface area contributed by atoms with Crippen LogP contribution < -0.4 is 16.4 Å². The maximum Gasteiger partial charge on any atom is 0.225 e. The first-order chi connectivity index (χ1) is 8.05. The summed E-state index contributed by atoms with van der Waals surface area (Å²) in [5.41, 5.74) is 12.5. The molecule has 1 aromatic rings. The predicted octanol–water partition coefficient (Wildman–Crippen LogP) is 0.242. The van der Waals surface area contributed by atoms with Gasteiger partial charge in [-0.1, -0.05) is 0 Å². The van der Waals surface area contributed by atoms with E-state index in [2.05, 4.69) is 9.88 Å². The van der Waals surface area contributed by atoms with Crippen molar-refractivity contribution in [1.82, 2.24) is 4.98 Å². The minimum Gasteiger partial charge on any atom is -0.370 e. The Kier molecular flexibility index (Phi) is 3.02. The number of rotatable bonds is 3. The number of hydrogen-bond acceptors (Lipinski definition) is 4. The van der Waals surface area contributed by atoms with Gasteiger partial charge in [-0.15, -0.1) is 0 Å². The summed E-state index contributed by atoms with van der Waals surface area (Å²) in [4.78, 5) is 17.7. The molecule has 0 spiro atoms. The second kappa shape index (κ2) is 4.33. The van der Waals surface area contributed by atoms with Crippen LogP contribution in [-0.2, 0) is 11.3 Å². The number of pyridine rings is 1. The highest BCUT2D eigenvalue weighted by Crippen LogP contribution is 2.32. The molecule has 0 bridgehead atoms. The third-order valence-electron chi connectivity index (χ3n) is 3.44. The largest absolute Gasteiger partial charge is 0.370 e. The summed E-state index contributed by atoms with van der Waals surface area (Å²) in [6.45, 7) is 3.85. The van der Waals surface area contributed by atoms with Crippen LogP contribution in [0.15, 0.2) is 18.3 Å². The molecule has 2 rings (SSSR count). The number of carbonyl (C=O) groups is 1. The number of nitrogens with two attached hydrogens (primary N) is 2. The molecule has 1 saturated heterocycles. The molecule has 5 nitrogen and oxygen atoms in total. The number of hydrogen-bond donors (Lipinski definition) is 2. The van der Waals surface area contributed by atoms with E-state index in [0.717, 1.165) is 24.3 Å². The zero-order valence-corrected chi connectivity index (χ0v) is 10.0. The van der Waals surface area contributed by atoms with Gasteiger partial charge in [-0.2, -0.15) is 0 Å². The third-order valence-corrected chi connectivity index (χ3v) is 3.44. The number of nitrogens with zero attached hydrogens (tertiary/aromatic N) is 2. The Bertz CT molecular complexity index is 434. The van der Waals surface area contributed by atoms with E-state index in [0.29, 0.717) is 13.1 Å². The topological polar surface area (TPSA) is 85.2 Å². The van der Waals surface area contributed by atoms with E-state index in [1.165, 1.54) is 0 Å². The Morgan fingerprint density at radius 1 is 1.65 bits per heavy atom. The summed E-state index contributed by atoms with van der Waals surface area (Å²) >= 11 is 0. The van der Waals surface area contributed by atoms with Gasteiger partial charge in [0.15, 0.2) is 0 Å². The average molecular weight is 234 g/mol. The molecule has 1 unspecified atom stereocenters. The van der Waals surface area contributed by atoms with Crippen LogP contribution in [0.1, 0.15) is 19.0 Å². The molecule has 92 valence electrons. The molecule has 0 radical (unpaired) electrons. The average Bonchev–Trinajstić information content (AvgIpc) is 2.74. The van der Waals surface area contributed by atoms with Crippen LogP contribution >= 0.6 is 0 Å². The van der Waals surface area contributed by atoms with E-state index in [9.17, 15) is 4.79 Å². The lowest BCUT2D eigenvalue weighted by Gasteiger charge is -2.22. The molecule has 5 heteroatoms. The van der Waals surface area contributed by atoms with Crippen molar-refractivity contribution < 1.29 is 4.79 Å². The molecule has 1 amide bonds. The van der Waals surface area contributed by atoms with Crippen LogP contribution in [-0.4, -0.2) is 24.0 Å². The molecule has 1 aliphatic heterocycles. The summed E-state index contributed by atoms with van der Waals surface area (Å²) < 4.78 is 0. The van der Waals surface area contributed by atoms with Gasteiger partial charge in [-0.05, 0) is 25.5 Å². The van der Waals surface area contributed by atoms with Crippen LogP contribution in [0, 0.1) is 5.41 Å². The molecule has 17 heavy (non-hydrogen) atoms. The quantitative estimate of drug-likeness (QED) is 0.784. The molecule has 1 aromatic heterocycles. The summed E-state index contributed by atoms with van der Waals surface area (Å²) in [5, 5.41) is 0. The van der Waals surface area contributed by atoms with E-state index in [4.69, 9.17) is 11.5 Å². The van der Waals surface area contributed by atoms with E-state index >= 15 is 0 Å². The van der Waals surface area contributed by atoms with E-state index in [-0.39, 0.29) is 5.91 Å². The third kappa shape index (κ3) is 2.24. The maximum absolute atomic E-state index is 11.4. The molecule has 4 N–H and O–H groups in total. The van der Waals surface area contributed by atoms with Crippen molar-refractivity contribution in [2.75, 3.05) is 18.0 Å². The predicted molar refractivity (Wildman–Crippen MR) is 66.3 cm³/mol. The first-order valence-corrected chi connectivity index (χ1v) is 5.75. The highest BCUT2D eigenvalue weighted by atomic mass is 16.1. The lowest BCUT2D eigenvalue weighted by molar-refractivity contribution is -0.125. The molecule has 1 atom stereocenters. The summed E-state index contributed by atoms with van der Waals surface area (Å²) in [6.07, 6.45) is 2.54. The van der Waals surface area contributed by atoms with Crippen molar-refractivity contribution in [3.63, 3.8) is 0 Å². The zero-order valence-electron chi connectivity index (χ0n) is 10.0. The fraction of sp³-hybridized carbons (Fsp3) is 0.500. The minimum atomic E-state index is -0.424. The Labute approximate surface area is 101 Å². The molecule has 2 heterocycles. The van der Waals surface area contributed by atoms with Crippen molar-refractivity contribution in [2.45, 2.75) is 19.9 Å². The first kappa shape index (κ1) is 11.9. The molecule has 0 aliphatic carbocycles.